The van der Waals surface area contributed by atoms with Crippen LogP contribution in [0.1, 0.15) is 40.0 Å². The Morgan fingerprint density at radius 1 is 1.33 bits per heavy atom. The average Bonchev–Trinajstić information content (AvgIpc) is 2.63. The molecule has 0 bridgehead atoms. The molecule has 2 N–H and O–H groups in total. The van der Waals surface area contributed by atoms with E-state index in [1.807, 2.05) is 4.90 Å². The highest BCUT2D eigenvalue weighted by atomic mass is 16.6. The first kappa shape index (κ1) is 15.5. The van der Waals surface area contributed by atoms with E-state index in [2.05, 4.69) is 30.7 Å². The molecule has 1 saturated heterocycles. The summed E-state index contributed by atoms with van der Waals surface area (Å²) < 4.78 is 0. The summed E-state index contributed by atoms with van der Waals surface area (Å²) in [6.07, 6.45) is 4.44. The molecule has 0 aromatic carbocycles. The highest BCUT2D eigenvalue weighted by molar-refractivity contribution is 5.68. The van der Waals surface area contributed by atoms with Gasteiger partial charge in [0, 0.05) is 13.1 Å². The van der Waals surface area contributed by atoms with E-state index in [0.29, 0.717) is 11.7 Å². The van der Waals surface area contributed by atoms with Crippen LogP contribution in [0.25, 0.3) is 0 Å². The molecular formula is C14H23N5O2. The maximum Gasteiger partial charge on any atom is 0.353 e. The Kier molecular flexibility index (Phi) is 4.29. The lowest BCUT2D eigenvalue weighted by Crippen LogP contribution is -2.27. The second-order valence-corrected chi connectivity index (χ2v) is 6.67. The number of hydrogen-bond acceptors (Lipinski definition) is 6. The van der Waals surface area contributed by atoms with Crippen LogP contribution in [-0.2, 0) is 0 Å². The smallest absolute Gasteiger partial charge is 0.353 e. The maximum atomic E-state index is 11.2. The summed E-state index contributed by atoms with van der Waals surface area (Å²) in [6.45, 7) is 8.28. The predicted molar refractivity (Wildman–Crippen MR) is 82.1 cm³/mol. The fourth-order valence-electron chi connectivity index (χ4n) is 2.96. The number of nitrogens with zero attached hydrogens (tertiary/aromatic N) is 4. The van der Waals surface area contributed by atoms with Gasteiger partial charge in [-0.1, -0.05) is 20.8 Å². The van der Waals surface area contributed by atoms with E-state index in [0.717, 1.165) is 32.4 Å². The van der Waals surface area contributed by atoms with Gasteiger partial charge in [0.2, 0.25) is 11.6 Å². The monoisotopic (exact) mass is 293 g/mol. The molecule has 0 radical (unpaired) electrons. The highest BCUT2D eigenvalue weighted by Crippen LogP contribution is 2.37. The molecule has 7 heteroatoms. The number of aromatic nitrogens is 2. The first-order valence-electron chi connectivity index (χ1n) is 7.30. The Hall–Kier alpha value is -1.92. The Balaban J connectivity index is 2.24. The second-order valence-electron chi connectivity index (χ2n) is 6.67. The van der Waals surface area contributed by atoms with Crippen molar-refractivity contribution in [3.63, 3.8) is 0 Å². The molecule has 2 rings (SSSR count). The SMILES string of the molecule is CC(C)(C)C1CCCN(c2ncnc(N)c2[N+](=O)[O-])CC1. The van der Waals surface area contributed by atoms with Crippen molar-refractivity contribution in [1.82, 2.24) is 9.97 Å². The van der Waals surface area contributed by atoms with E-state index in [4.69, 9.17) is 5.73 Å². The summed E-state index contributed by atoms with van der Waals surface area (Å²) >= 11 is 0. The molecule has 1 aromatic heterocycles. The number of nitro groups is 1. The van der Waals surface area contributed by atoms with Gasteiger partial charge in [-0.2, -0.15) is 0 Å². The molecule has 0 amide bonds. The van der Waals surface area contributed by atoms with Gasteiger partial charge in [0.25, 0.3) is 0 Å². The summed E-state index contributed by atoms with van der Waals surface area (Å²) in [5, 5.41) is 11.2. The zero-order valence-corrected chi connectivity index (χ0v) is 12.9. The van der Waals surface area contributed by atoms with Crippen LogP contribution in [-0.4, -0.2) is 28.0 Å². The largest absolute Gasteiger partial charge is 0.378 e. The molecule has 1 fully saturated rings. The van der Waals surface area contributed by atoms with E-state index >= 15 is 0 Å². The molecule has 1 aromatic rings. The molecule has 0 spiro atoms. The van der Waals surface area contributed by atoms with Crippen molar-refractivity contribution < 1.29 is 4.92 Å². The van der Waals surface area contributed by atoms with Crippen LogP contribution in [0.4, 0.5) is 17.3 Å². The zero-order valence-electron chi connectivity index (χ0n) is 12.9. The molecule has 1 unspecified atom stereocenters. The number of rotatable bonds is 2. The third kappa shape index (κ3) is 3.40. The van der Waals surface area contributed by atoms with E-state index < -0.39 is 4.92 Å². The van der Waals surface area contributed by atoms with E-state index in [-0.39, 0.29) is 16.9 Å². The third-order valence-electron chi connectivity index (χ3n) is 4.27. The molecule has 2 heterocycles. The van der Waals surface area contributed by atoms with Crippen molar-refractivity contribution in [2.45, 2.75) is 40.0 Å². The number of nitrogen functional groups attached to an aromatic ring is 1. The van der Waals surface area contributed by atoms with Gasteiger partial charge in [-0.05, 0) is 30.6 Å². The molecule has 1 atom stereocenters. The molecule has 7 nitrogen and oxygen atoms in total. The van der Waals surface area contributed by atoms with Crippen molar-refractivity contribution in [1.29, 1.82) is 0 Å². The summed E-state index contributed by atoms with van der Waals surface area (Å²) in [6, 6.07) is 0. The van der Waals surface area contributed by atoms with Gasteiger partial charge in [0.15, 0.2) is 0 Å². The summed E-state index contributed by atoms with van der Waals surface area (Å²) in [4.78, 5) is 20.5. The van der Waals surface area contributed by atoms with Crippen molar-refractivity contribution in [3.05, 3.63) is 16.4 Å². The van der Waals surface area contributed by atoms with Crippen LogP contribution in [0.15, 0.2) is 6.33 Å². The fraction of sp³-hybridized carbons (Fsp3) is 0.714. The van der Waals surface area contributed by atoms with Crippen LogP contribution < -0.4 is 10.6 Å². The lowest BCUT2D eigenvalue weighted by atomic mass is 9.77. The first-order chi connectivity index (χ1) is 9.80. The van der Waals surface area contributed by atoms with Gasteiger partial charge in [-0.3, -0.25) is 10.1 Å². The first-order valence-corrected chi connectivity index (χ1v) is 7.30. The van der Waals surface area contributed by atoms with Crippen LogP contribution in [0.3, 0.4) is 0 Å². The molecule has 0 saturated carbocycles. The average molecular weight is 293 g/mol. The molecule has 21 heavy (non-hydrogen) atoms. The van der Waals surface area contributed by atoms with E-state index in [1.165, 1.54) is 6.33 Å². The van der Waals surface area contributed by atoms with E-state index in [1.54, 1.807) is 0 Å². The molecular weight excluding hydrogens is 270 g/mol. The van der Waals surface area contributed by atoms with Gasteiger partial charge >= 0.3 is 5.69 Å². The van der Waals surface area contributed by atoms with Crippen LogP contribution in [0.5, 0.6) is 0 Å². The summed E-state index contributed by atoms with van der Waals surface area (Å²) in [5.74, 6) is 0.893. The lowest BCUT2D eigenvalue weighted by Gasteiger charge is -2.29. The van der Waals surface area contributed by atoms with Crippen molar-refractivity contribution >= 4 is 17.3 Å². The minimum absolute atomic E-state index is 0.0679. The van der Waals surface area contributed by atoms with E-state index in [9.17, 15) is 10.1 Å². The minimum Gasteiger partial charge on any atom is -0.378 e. The predicted octanol–water partition coefficient (Wildman–Crippen LogP) is 2.62. The van der Waals surface area contributed by atoms with Crippen molar-refractivity contribution in [2.24, 2.45) is 11.3 Å². The van der Waals surface area contributed by atoms with Crippen LogP contribution in [0.2, 0.25) is 0 Å². The van der Waals surface area contributed by atoms with Gasteiger partial charge in [-0.15, -0.1) is 0 Å². The lowest BCUT2D eigenvalue weighted by molar-refractivity contribution is -0.383. The van der Waals surface area contributed by atoms with Gasteiger partial charge in [0.1, 0.15) is 6.33 Å². The van der Waals surface area contributed by atoms with Crippen LogP contribution in [0, 0.1) is 21.4 Å². The van der Waals surface area contributed by atoms with Gasteiger partial charge in [-0.25, -0.2) is 9.97 Å². The van der Waals surface area contributed by atoms with Crippen molar-refractivity contribution in [2.75, 3.05) is 23.7 Å². The normalized spacial score (nSPS) is 20.1. The Bertz CT molecular complexity index is 527. The highest BCUT2D eigenvalue weighted by Gasteiger charge is 2.30. The Morgan fingerprint density at radius 3 is 2.67 bits per heavy atom. The molecule has 116 valence electrons. The quantitative estimate of drug-likeness (QED) is 0.664. The molecule has 1 aliphatic heterocycles. The fourth-order valence-corrected chi connectivity index (χ4v) is 2.96. The number of nitrogens with two attached hydrogens (primary N) is 1. The number of hydrogen-bond donors (Lipinski definition) is 1. The summed E-state index contributed by atoms with van der Waals surface area (Å²) in [5.41, 5.74) is 5.73. The zero-order chi connectivity index (χ0) is 15.6. The number of anilines is 2. The van der Waals surface area contributed by atoms with Crippen LogP contribution >= 0.6 is 0 Å². The standard InChI is InChI=1S/C14H23N5O2/c1-14(2,3)10-5-4-7-18(8-6-10)13-11(19(20)21)12(15)16-9-17-13/h9-10H,4-8H2,1-3H3,(H2,15,16,17). The topological polar surface area (TPSA) is 98.2 Å². The minimum atomic E-state index is -0.489. The third-order valence-corrected chi connectivity index (χ3v) is 4.27. The molecule has 1 aliphatic rings. The second kappa shape index (κ2) is 5.83. The van der Waals surface area contributed by atoms with Gasteiger partial charge < -0.3 is 10.6 Å². The summed E-state index contributed by atoms with van der Waals surface area (Å²) in [7, 11) is 0. The Morgan fingerprint density at radius 2 is 2.05 bits per heavy atom. The Labute approximate surface area is 124 Å². The van der Waals surface area contributed by atoms with Crippen molar-refractivity contribution in [3.8, 4) is 0 Å². The molecule has 0 aliphatic carbocycles. The van der Waals surface area contributed by atoms with Gasteiger partial charge in [0.05, 0.1) is 4.92 Å². The maximum absolute atomic E-state index is 11.2.